The highest BCUT2D eigenvalue weighted by Crippen LogP contribution is 2.19. The molecule has 8 heterocycles. The third-order valence-electron chi connectivity index (χ3n) is 8.91. The van der Waals surface area contributed by atoms with Crippen molar-refractivity contribution in [2.45, 2.75) is 72.6 Å². The fraction of sp³-hybridized carbons (Fsp3) is 0.196. The minimum absolute atomic E-state index is 0.115. The zero-order chi connectivity index (χ0) is 58.1. The van der Waals surface area contributed by atoms with Crippen molar-refractivity contribution in [2.24, 2.45) is 0 Å². The number of ether oxygens (including phenoxy) is 1. The molecule has 0 atom stereocenters. The van der Waals surface area contributed by atoms with Crippen LogP contribution in [0.3, 0.4) is 0 Å². The molecular formula is C56H66Br3IN10O5Si2. The normalized spacial score (nSPS) is 10.8. The summed E-state index contributed by atoms with van der Waals surface area (Å²) in [6.07, 6.45) is 16.9. The van der Waals surface area contributed by atoms with Crippen molar-refractivity contribution in [1.29, 1.82) is 0 Å². The van der Waals surface area contributed by atoms with Crippen molar-refractivity contribution < 1.29 is 9.53 Å². The Kier molecular flexibility index (Phi) is 28.2. The molecule has 0 amide bonds. The molecular weight excluding hydrogens is 1320 g/mol. The molecule has 0 aliphatic heterocycles. The van der Waals surface area contributed by atoms with Gasteiger partial charge in [-0.25, -0.2) is 29.7 Å². The Bertz CT molecular complexity index is 3510. The molecule has 0 aliphatic carbocycles. The van der Waals surface area contributed by atoms with Gasteiger partial charge in [-0.2, -0.15) is 0 Å². The summed E-state index contributed by atoms with van der Waals surface area (Å²) in [6, 6.07) is 19.3. The molecule has 0 saturated heterocycles. The van der Waals surface area contributed by atoms with Crippen LogP contribution in [0.5, 0.6) is 0 Å². The first-order chi connectivity index (χ1) is 35.9. The molecule has 406 valence electrons. The molecule has 8 aromatic heterocycles. The number of rotatable bonds is 6. The fourth-order valence-electron chi connectivity index (χ4n) is 5.19. The summed E-state index contributed by atoms with van der Waals surface area (Å²) in [4.78, 5) is 72.6. The minimum Gasteiger partial charge on any atom is -0.457 e. The van der Waals surface area contributed by atoms with E-state index in [1.54, 1.807) is 73.5 Å². The zero-order valence-corrected chi connectivity index (χ0v) is 53.8. The maximum Gasteiger partial charge on any atom is 0.331 e. The first-order valence-corrected chi connectivity index (χ1v) is 34.1. The number of pyridine rings is 8. The molecule has 0 aromatic carbocycles. The van der Waals surface area contributed by atoms with Crippen molar-refractivity contribution >= 4 is 155 Å². The number of aromatic nitrogens is 8. The van der Waals surface area contributed by atoms with Gasteiger partial charge in [-0.05, 0) is 164 Å². The molecule has 8 aromatic rings. The van der Waals surface area contributed by atoms with Crippen LogP contribution >= 0.6 is 70.4 Å². The van der Waals surface area contributed by atoms with Gasteiger partial charge in [-0.1, -0.05) is 69.8 Å². The van der Waals surface area contributed by atoms with Gasteiger partial charge in [0, 0.05) is 90.4 Å². The number of nitrogens with one attached hydrogen (secondary N) is 3. The first-order valence-electron chi connectivity index (χ1n) is 23.5. The number of aromatic amines is 3. The molecule has 0 aliphatic rings. The highest BCUT2D eigenvalue weighted by atomic mass is 127. The van der Waals surface area contributed by atoms with Crippen molar-refractivity contribution in [1.82, 2.24) is 39.9 Å². The molecule has 15 nitrogen and oxygen atoms in total. The lowest BCUT2D eigenvalue weighted by molar-refractivity contribution is -0.148. The van der Waals surface area contributed by atoms with Gasteiger partial charge in [0.1, 0.15) is 34.2 Å². The van der Waals surface area contributed by atoms with Gasteiger partial charge in [0.2, 0.25) is 16.7 Å². The Morgan fingerprint density at radius 3 is 1.44 bits per heavy atom. The summed E-state index contributed by atoms with van der Waals surface area (Å²) < 4.78 is 8.77. The molecule has 7 N–H and O–H groups in total. The number of nitrogen functional groups attached to an aromatic ring is 2. The number of carbonyl (C=O) groups is 1. The number of H-pyrrole nitrogens is 3. The Labute approximate surface area is 490 Å². The monoisotopic (exact) mass is 1380 g/mol. The number of carbonyl (C=O) groups excluding carboxylic acids is 1. The number of fused-ring (bicyclic) bond motifs is 3. The number of allylic oxidation sites excluding steroid dienone is 1. The number of nitrogens with two attached hydrogens (primary N) is 2. The van der Waals surface area contributed by atoms with Crippen LogP contribution < -0.4 is 28.1 Å². The summed E-state index contributed by atoms with van der Waals surface area (Å²) in [5.41, 5.74) is 19.2. The van der Waals surface area contributed by atoms with Gasteiger partial charge in [-0.15, -0.1) is 18.9 Å². The Morgan fingerprint density at radius 2 is 1.01 bits per heavy atom. The molecule has 0 saturated carbocycles. The van der Waals surface area contributed by atoms with Crippen LogP contribution in [0.1, 0.15) is 44.4 Å². The standard InChI is InChI=1S/C13H16N2OSi.C12H15BrN2O2.C10H8N2O.C8H5BrN2O.C5H4BrIN2.C5H12Si.C3H6/c1-17(2,3)7-6-10-8-11-4-5-12(16)15-13(11)14-9-10;1-12(2,3)17-10(16)5-4-8-6-9(13)7-15-11(8)14;1-2-7-5-8-3-4-9(13)12-10(8)11-6-7;9-6-3-5-1-2-7(12)11-8(5)10-4-6;6-3-1-4(7)5(8)9-2-3;1-5-6(2,3)4;1-3-2/h4-9H,1-3H3,(H,14,15,16);4-7H,1-3H3,(H2,14,15);2-6H,1H2,(H,11,12,13);1-4H,(H,10,11,12);1-2H,(H2,8,9);5H,1H2,2-4H3;3H,1H2,2H3/b7-6+;5-4+;;;;;. The van der Waals surface area contributed by atoms with Crippen molar-refractivity contribution in [2.75, 3.05) is 11.5 Å². The third-order valence-corrected chi connectivity index (χ3v) is 13.5. The van der Waals surface area contributed by atoms with Crippen LogP contribution in [0.25, 0.3) is 51.3 Å². The summed E-state index contributed by atoms with van der Waals surface area (Å²) in [5.74, 6) is 0.545. The average molecular weight is 1380 g/mol. The molecule has 0 bridgehead atoms. The van der Waals surface area contributed by atoms with Gasteiger partial charge < -0.3 is 31.2 Å². The quantitative estimate of drug-likeness (QED) is 0.0343. The van der Waals surface area contributed by atoms with E-state index in [1.807, 2.05) is 52.0 Å². The summed E-state index contributed by atoms with van der Waals surface area (Å²) >= 11 is 12.0. The molecule has 0 radical (unpaired) electrons. The Hall–Kier alpha value is -6.25. The van der Waals surface area contributed by atoms with E-state index in [4.69, 9.17) is 16.2 Å². The summed E-state index contributed by atoms with van der Waals surface area (Å²) in [7, 11) is -2.05. The van der Waals surface area contributed by atoms with E-state index in [1.165, 1.54) is 24.3 Å². The highest BCUT2D eigenvalue weighted by molar-refractivity contribution is 14.1. The minimum atomic E-state index is -1.18. The number of hydrogen-bond donors (Lipinski definition) is 5. The van der Waals surface area contributed by atoms with Crippen LogP contribution in [0, 0.1) is 3.57 Å². The van der Waals surface area contributed by atoms with Crippen molar-refractivity contribution in [3.8, 4) is 0 Å². The van der Waals surface area contributed by atoms with Gasteiger partial charge in [0.15, 0.2) is 0 Å². The second-order valence-corrected chi connectivity index (χ2v) is 33.5. The highest BCUT2D eigenvalue weighted by Gasteiger charge is 2.14. The lowest BCUT2D eigenvalue weighted by atomic mass is 10.2. The average Bonchev–Trinajstić information content (AvgIpc) is 3.35. The third kappa shape index (κ3) is 28.1. The molecule has 0 fully saturated rings. The van der Waals surface area contributed by atoms with E-state index in [-0.39, 0.29) is 16.7 Å². The fourth-order valence-corrected chi connectivity index (χ4v) is 7.81. The van der Waals surface area contributed by atoms with Crippen LogP contribution in [-0.4, -0.2) is 67.6 Å². The zero-order valence-electron chi connectivity index (χ0n) is 44.8. The van der Waals surface area contributed by atoms with Crippen LogP contribution in [0.2, 0.25) is 39.3 Å². The topological polar surface area (TPSA) is 241 Å². The predicted molar refractivity (Wildman–Crippen MR) is 347 cm³/mol. The molecule has 77 heavy (non-hydrogen) atoms. The largest absolute Gasteiger partial charge is 0.457 e. The predicted octanol–water partition coefficient (Wildman–Crippen LogP) is 14.1. The maximum atomic E-state index is 11.4. The smallest absolute Gasteiger partial charge is 0.331 e. The van der Waals surface area contributed by atoms with Crippen LogP contribution in [0.15, 0.2) is 169 Å². The number of esters is 1. The maximum absolute atomic E-state index is 11.4. The number of nitrogens with zero attached hydrogens (tertiary/aromatic N) is 5. The van der Waals surface area contributed by atoms with E-state index in [0.29, 0.717) is 34.1 Å². The van der Waals surface area contributed by atoms with E-state index in [0.717, 1.165) is 44.3 Å². The number of anilines is 2. The van der Waals surface area contributed by atoms with Gasteiger partial charge >= 0.3 is 5.97 Å². The molecule has 0 spiro atoms. The van der Waals surface area contributed by atoms with Crippen LogP contribution in [-0.2, 0) is 9.53 Å². The van der Waals surface area contributed by atoms with E-state index >= 15 is 0 Å². The molecule has 8 rings (SSSR count). The lowest BCUT2D eigenvalue weighted by Crippen LogP contribution is -2.22. The Balaban J connectivity index is 0.000000320. The van der Waals surface area contributed by atoms with Gasteiger partial charge in [-0.3, -0.25) is 14.4 Å². The number of hydrogen-bond acceptors (Lipinski definition) is 12. The second kappa shape index (κ2) is 32.5. The van der Waals surface area contributed by atoms with Crippen LogP contribution in [0.4, 0.5) is 11.6 Å². The van der Waals surface area contributed by atoms with Gasteiger partial charge in [0.05, 0.1) is 19.7 Å². The van der Waals surface area contributed by atoms with E-state index in [2.05, 4.69) is 187 Å². The number of halogens is 4. The SMILES string of the molecule is C=CC.C=C[Si](C)(C)C.C=Cc1cnc2[nH]c(=O)ccc2c1.CC(C)(C)OC(=O)/C=C/c1cc(Br)cnc1N.C[Si](C)(C)/C=C/c1cnc2[nH]c(=O)ccc2c1.Nc1ncc(Br)cc1I.O=c1ccc2cc(Br)cnc2[nH]1. The van der Waals surface area contributed by atoms with E-state index in [9.17, 15) is 19.2 Å². The first kappa shape index (κ1) is 66.9. The molecule has 0 unspecified atom stereocenters. The van der Waals surface area contributed by atoms with E-state index < -0.39 is 27.7 Å². The Morgan fingerprint density at radius 1 is 0.610 bits per heavy atom. The van der Waals surface area contributed by atoms with Gasteiger partial charge in [0.25, 0.3) is 0 Å². The summed E-state index contributed by atoms with van der Waals surface area (Å²) in [5, 5.41) is 2.79. The van der Waals surface area contributed by atoms with Crippen molar-refractivity contribution in [3.05, 3.63) is 206 Å². The summed E-state index contributed by atoms with van der Waals surface area (Å²) in [6.45, 7) is 31.7. The second-order valence-electron chi connectivity index (χ2n) is 19.4. The molecule has 21 heteroatoms. The van der Waals surface area contributed by atoms with Crippen molar-refractivity contribution in [3.63, 3.8) is 0 Å². The lowest BCUT2D eigenvalue weighted by Gasteiger charge is -2.17.